The summed E-state index contributed by atoms with van der Waals surface area (Å²) in [7, 11) is -3.06. The molecule has 1 saturated heterocycles. The van der Waals surface area contributed by atoms with Crippen LogP contribution in [-0.2, 0) is 10.0 Å². The fourth-order valence-electron chi connectivity index (χ4n) is 3.65. The molecule has 0 aromatic heterocycles. The van der Waals surface area contributed by atoms with Crippen molar-refractivity contribution in [3.63, 3.8) is 0 Å². The van der Waals surface area contributed by atoms with Crippen molar-refractivity contribution in [1.29, 1.82) is 0 Å². The van der Waals surface area contributed by atoms with Crippen molar-refractivity contribution in [1.82, 2.24) is 9.62 Å². The third kappa shape index (κ3) is 4.18. The van der Waals surface area contributed by atoms with E-state index in [-0.39, 0.29) is 5.75 Å². The van der Waals surface area contributed by atoms with Gasteiger partial charge in [-0.2, -0.15) is 0 Å². The summed E-state index contributed by atoms with van der Waals surface area (Å²) < 4.78 is 26.4. The zero-order chi connectivity index (χ0) is 14.6. The number of piperidine rings is 1. The zero-order valence-corrected chi connectivity index (χ0v) is 13.8. The summed E-state index contributed by atoms with van der Waals surface area (Å²) >= 11 is 0. The van der Waals surface area contributed by atoms with Crippen molar-refractivity contribution in [3.8, 4) is 0 Å². The molecule has 1 spiro atoms. The Morgan fingerprint density at radius 1 is 1.05 bits per heavy atom. The molecule has 1 aliphatic carbocycles. The number of nitrogens with zero attached hydrogens (tertiary/aromatic N) is 1. The van der Waals surface area contributed by atoms with Crippen LogP contribution in [0.15, 0.2) is 0 Å². The van der Waals surface area contributed by atoms with E-state index in [1.807, 2.05) is 13.8 Å². The lowest BCUT2D eigenvalue weighted by Gasteiger charge is -2.43. The molecule has 0 unspecified atom stereocenters. The number of hydrogen-bond acceptors (Lipinski definition) is 3. The maximum absolute atomic E-state index is 12.3. The first-order valence-electron chi connectivity index (χ1n) is 8.15. The Hall–Kier alpha value is -0.130. The van der Waals surface area contributed by atoms with Crippen molar-refractivity contribution in [2.45, 2.75) is 64.8 Å². The zero-order valence-electron chi connectivity index (χ0n) is 13.0. The van der Waals surface area contributed by atoms with Gasteiger partial charge in [-0.25, -0.2) is 12.7 Å². The highest BCUT2D eigenvalue weighted by Gasteiger charge is 2.38. The van der Waals surface area contributed by atoms with Gasteiger partial charge in [-0.05, 0) is 31.1 Å². The first-order chi connectivity index (χ1) is 9.44. The second-order valence-electron chi connectivity index (χ2n) is 6.88. The van der Waals surface area contributed by atoms with Gasteiger partial charge in [-0.3, -0.25) is 0 Å². The summed E-state index contributed by atoms with van der Waals surface area (Å²) in [6.45, 7) is 6.12. The van der Waals surface area contributed by atoms with E-state index in [1.54, 1.807) is 4.31 Å². The van der Waals surface area contributed by atoms with Crippen LogP contribution in [0.3, 0.4) is 0 Å². The number of hydrogen-bond donors (Lipinski definition) is 1. The molecule has 0 atom stereocenters. The molecule has 2 fully saturated rings. The summed E-state index contributed by atoms with van der Waals surface area (Å²) in [5.74, 6) is 0.234. The molecular weight excluding hydrogens is 272 g/mol. The average Bonchev–Trinajstić information content (AvgIpc) is 2.39. The van der Waals surface area contributed by atoms with Crippen LogP contribution in [0.1, 0.15) is 58.8 Å². The van der Waals surface area contributed by atoms with E-state index < -0.39 is 10.0 Å². The summed E-state index contributed by atoms with van der Waals surface area (Å²) in [4.78, 5) is 0. The van der Waals surface area contributed by atoms with E-state index in [0.29, 0.717) is 18.0 Å². The first kappa shape index (κ1) is 16.2. The quantitative estimate of drug-likeness (QED) is 0.848. The van der Waals surface area contributed by atoms with E-state index in [2.05, 4.69) is 5.32 Å². The third-order valence-corrected chi connectivity index (χ3v) is 6.88. The van der Waals surface area contributed by atoms with Gasteiger partial charge in [0.15, 0.2) is 0 Å². The predicted octanol–water partition coefficient (Wildman–Crippen LogP) is 2.36. The summed E-state index contributed by atoms with van der Waals surface area (Å²) in [5.41, 5.74) is 0.473. The van der Waals surface area contributed by atoms with Crippen molar-refractivity contribution in [2.75, 3.05) is 25.4 Å². The van der Waals surface area contributed by atoms with Gasteiger partial charge in [0.2, 0.25) is 10.0 Å². The van der Waals surface area contributed by atoms with E-state index in [0.717, 1.165) is 25.9 Å². The molecule has 0 amide bonds. The molecule has 2 rings (SSSR count). The summed E-state index contributed by atoms with van der Waals surface area (Å²) in [6.07, 6.45) is 8.82. The van der Waals surface area contributed by atoms with E-state index >= 15 is 0 Å². The lowest BCUT2D eigenvalue weighted by Crippen LogP contribution is -2.45. The van der Waals surface area contributed by atoms with Crippen molar-refractivity contribution in [2.24, 2.45) is 5.41 Å². The fourth-order valence-corrected chi connectivity index (χ4v) is 5.02. The molecule has 2 aliphatic rings. The lowest BCUT2D eigenvalue weighted by atomic mass is 9.68. The molecule has 1 N–H and O–H groups in total. The van der Waals surface area contributed by atoms with Crippen LogP contribution in [0.5, 0.6) is 0 Å². The number of nitrogens with one attached hydrogen (secondary N) is 1. The fraction of sp³-hybridized carbons (Fsp3) is 1.00. The molecule has 4 nitrogen and oxygen atoms in total. The van der Waals surface area contributed by atoms with Gasteiger partial charge in [-0.15, -0.1) is 0 Å². The van der Waals surface area contributed by atoms with Crippen LogP contribution >= 0.6 is 0 Å². The van der Waals surface area contributed by atoms with Gasteiger partial charge >= 0.3 is 0 Å². The Bertz CT molecular complexity index is 390. The molecule has 20 heavy (non-hydrogen) atoms. The van der Waals surface area contributed by atoms with Crippen LogP contribution < -0.4 is 5.32 Å². The summed E-state index contributed by atoms with van der Waals surface area (Å²) in [5, 5.41) is 3.19. The van der Waals surface area contributed by atoms with Gasteiger partial charge in [0, 0.05) is 25.7 Å². The largest absolute Gasteiger partial charge is 0.313 e. The van der Waals surface area contributed by atoms with Crippen LogP contribution in [-0.4, -0.2) is 44.2 Å². The maximum atomic E-state index is 12.3. The van der Waals surface area contributed by atoms with Crippen molar-refractivity contribution in [3.05, 3.63) is 0 Å². The Kier molecular flexibility index (Phi) is 5.49. The predicted molar refractivity (Wildman–Crippen MR) is 83.3 cm³/mol. The van der Waals surface area contributed by atoms with Crippen molar-refractivity contribution >= 4 is 10.0 Å². The second kappa shape index (κ2) is 6.75. The molecule has 1 heterocycles. The van der Waals surface area contributed by atoms with Gasteiger partial charge in [0.05, 0.1) is 5.75 Å². The minimum atomic E-state index is -3.06. The lowest BCUT2D eigenvalue weighted by molar-refractivity contribution is 0.102. The van der Waals surface area contributed by atoms with Crippen LogP contribution in [0, 0.1) is 5.41 Å². The van der Waals surface area contributed by atoms with Crippen LogP contribution in [0.4, 0.5) is 0 Å². The standard InChI is InChI=1S/C15H30N2O2S/c1-14(2)16-10-13-20(18,19)17-11-8-15(9-12-17)6-4-3-5-7-15/h14,16H,3-13H2,1-2H3. The average molecular weight is 302 g/mol. The highest BCUT2D eigenvalue weighted by molar-refractivity contribution is 7.89. The van der Waals surface area contributed by atoms with Gasteiger partial charge in [0.25, 0.3) is 0 Å². The minimum absolute atomic E-state index is 0.234. The Morgan fingerprint density at radius 3 is 2.20 bits per heavy atom. The third-order valence-electron chi connectivity index (χ3n) is 5.00. The van der Waals surface area contributed by atoms with Gasteiger partial charge in [-0.1, -0.05) is 33.1 Å². The first-order valence-corrected chi connectivity index (χ1v) is 9.76. The molecule has 1 aliphatic heterocycles. The van der Waals surface area contributed by atoms with E-state index in [9.17, 15) is 8.42 Å². The van der Waals surface area contributed by atoms with Crippen molar-refractivity contribution < 1.29 is 8.42 Å². The van der Waals surface area contributed by atoms with Crippen LogP contribution in [0.25, 0.3) is 0 Å². The smallest absolute Gasteiger partial charge is 0.215 e. The Labute approximate surface area is 124 Å². The Balaban J connectivity index is 1.82. The van der Waals surface area contributed by atoms with Crippen LogP contribution in [0.2, 0.25) is 0 Å². The summed E-state index contributed by atoms with van der Waals surface area (Å²) in [6, 6.07) is 0.345. The number of sulfonamides is 1. The SMILES string of the molecule is CC(C)NCCS(=O)(=O)N1CCC2(CCCCC2)CC1. The normalized spacial score (nSPS) is 24.4. The molecule has 0 radical (unpaired) electrons. The molecule has 0 aromatic carbocycles. The van der Waals surface area contributed by atoms with Gasteiger partial charge in [0.1, 0.15) is 0 Å². The van der Waals surface area contributed by atoms with Gasteiger partial charge < -0.3 is 5.32 Å². The Morgan fingerprint density at radius 2 is 1.65 bits per heavy atom. The van der Waals surface area contributed by atoms with E-state index in [4.69, 9.17) is 0 Å². The molecular formula is C15H30N2O2S. The molecule has 1 saturated carbocycles. The monoisotopic (exact) mass is 302 g/mol. The topological polar surface area (TPSA) is 49.4 Å². The minimum Gasteiger partial charge on any atom is -0.313 e. The highest BCUT2D eigenvalue weighted by atomic mass is 32.2. The second-order valence-corrected chi connectivity index (χ2v) is 8.97. The molecule has 0 aromatic rings. The molecule has 5 heteroatoms. The molecule has 118 valence electrons. The van der Waals surface area contributed by atoms with E-state index in [1.165, 1.54) is 32.1 Å². The number of rotatable bonds is 5. The maximum Gasteiger partial charge on any atom is 0.215 e. The highest BCUT2D eigenvalue weighted by Crippen LogP contribution is 2.44. The molecule has 0 bridgehead atoms.